The average Bonchev–Trinajstić information content (AvgIpc) is 2.31. The summed E-state index contributed by atoms with van der Waals surface area (Å²) in [4.78, 5) is 0. The van der Waals surface area contributed by atoms with Gasteiger partial charge in [0.2, 0.25) is 0 Å². The monoisotopic (exact) mass is 206 g/mol. The highest BCUT2D eigenvalue weighted by Gasteiger charge is 2.00. The van der Waals surface area contributed by atoms with Gasteiger partial charge in [-0.1, -0.05) is 43.3 Å². The molecule has 1 heteroatoms. The summed E-state index contributed by atoms with van der Waals surface area (Å²) < 4.78 is 4.54. The zero-order chi connectivity index (χ0) is 11.5. The van der Waals surface area contributed by atoms with Crippen molar-refractivity contribution in [2.45, 2.75) is 26.2 Å². The summed E-state index contributed by atoms with van der Waals surface area (Å²) in [5.74, 6) is 0.605. The highest BCUT2D eigenvalue weighted by Crippen LogP contribution is 2.17. The summed E-state index contributed by atoms with van der Waals surface area (Å²) in [5, 5.41) is 0. The first-order valence-electron chi connectivity index (χ1n) is 5.41. The molecule has 1 aromatic carbocycles. The second-order valence-electron chi connectivity index (χ2n) is 3.41. The minimum Gasteiger partial charge on any atom is -0.385 e. The van der Waals surface area contributed by atoms with Crippen molar-refractivity contribution >= 4 is 0 Å². The molecule has 0 aromatic heterocycles. The highest BCUT2D eigenvalue weighted by molar-refractivity contribution is 5.19. The number of rotatable bonds is 4. The molecule has 0 aliphatic rings. The van der Waals surface area contributed by atoms with Gasteiger partial charge in [0.25, 0.3) is 0 Å². The van der Waals surface area contributed by atoms with Gasteiger partial charge in [0, 0.05) is 13.7 Å². The van der Waals surface area contributed by atoms with Gasteiger partial charge in [-0.25, -0.2) is 0 Å². The topological polar surface area (TPSA) is 9.23 Å². The molecule has 1 atom stereocenters. The quantitative estimate of drug-likeness (QED) is 0.676. The molecular weight excluding hydrogens is 184 g/mol. The molecule has 0 fully saturated rings. The lowest BCUT2D eigenvalue weighted by Crippen LogP contribution is -1.89. The highest BCUT2D eigenvalue weighted by atomic mass is 16.5. The van der Waals surface area contributed by atoms with Crippen LogP contribution in [0.25, 0.3) is 0 Å². The van der Waals surface area contributed by atoms with E-state index in [0.29, 0.717) is 5.92 Å². The van der Waals surface area contributed by atoms with E-state index in [1.54, 1.807) is 7.11 Å². The zero-order valence-corrected chi connectivity index (χ0v) is 10.1. The summed E-state index contributed by atoms with van der Waals surface area (Å²) in [6.45, 7) is 8.72. The van der Waals surface area contributed by atoms with Crippen LogP contribution in [-0.4, -0.2) is 13.7 Å². The molecule has 0 bridgehead atoms. The SMILES string of the molecule is C=CCC(C)c1ccccc1.CCOC. The van der Waals surface area contributed by atoms with Gasteiger partial charge in [-0.2, -0.15) is 0 Å². The van der Waals surface area contributed by atoms with Crippen LogP contribution in [0.15, 0.2) is 43.0 Å². The Bertz CT molecular complexity index is 239. The summed E-state index contributed by atoms with van der Waals surface area (Å²) in [6.07, 6.45) is 3.03. The molecule has 84 valence electrons. The van der Waals surface area contributed by atoms with Crippen LogP contribution in [0.2, 0.25) is 0 Å². The molecule has 0 heterocycles. The Morgan fingerprint density at radius 2 is 1.87 bits per heavy atom. The molecule has 1 aromatic rings. The Labute approximate surface area is 93.8 Å². The third kappa shape index (κ3) is 6.92. The standard InChI is InChI=1S/C11H14.C3H8O/c1-3-7-10(2)11-8-5-4-6-9-11;1-3-4-2/h3-6,8-10H,1,7H2,2H3;3H2,1-2H3. The zero-order valence-electron chi connectivity index (χ0n) is 10.1. The van der Waals surface area contributed by atoms with Crippen LogP contribution in [0.5, 0.6) is 0 Å². The lowest BCUT2D eigenvalue weighted by atomic mass is 9.98. The van der Waals surface area contributed by atoms with E-state index in [4.69, 9.17) is 0 Å². The van der Waals surface area contributed by atoms with Crippen molar-refractivity contribution in [2.24, 2.45) is 0 Å². The van der Waals surface area contributed by atoms with Gasteiger partial charge in [0.1, 0.15) is 0 Å². The predicted molar refractivity (Wildman–Crippen MR) is 67.2 cm³/mol. The van der Waals surface area contributed by atoms with Gasteiger partial charge >= 0.3 is 0 Å². The Morgan fingerprint density at radius 1 is 1.33 bits per heavy atom. The van der Waals surface area contributed by atoms with E-state index in [-0.39, 0.29) is 0 Å². The number of allylic oxidation sites excluding steroid dienone is 1. The number of hydrogen-bond donors (Lipinski definition) is 0. The molecule has 1 unspecified atom stereocenters. The molecule has 0 aliphatic carbocycles. The first kappa shape index (κ1) is 13.9. The van der Waals surface area contributed by atoms with Crippen LogP contribution >= 0.6 is 0 Å². The van der Waals surface area contributed by atoms with Crippen LogP contribution in [0, 0.1) is 0 Å². The third-order valence-electron chi connectivity index (χ3n) is 2.18. The van der Waals surface area contributed by atoms with E-state index >= 15 is 0 Å². The minimum atomic E-state index is 0.605. The molecule has 0 saturated heterocycles. The molecule has 0 saturated carbocycles. The third-order valence-corrected chi connectivity index (χ3v) is 2.18. The van der Waals surface area contributed by atoms with Crippen LogP contribution in [-0.2, 0) is 4.74 Å². The van der Waals surface area contributed by atoms with E-state index in [9.17, 15) is 0 Å². The Hall–Kier alpha value is -1.08. The van der Waals surface area contributed by atoms with E-state index in [1.165, 1.54) is 5.56 Å². The second-order valence-corrected chi connectivity index (χ2v) is 3.41. The molecule has 0 radical (unpaired) electrons. The first-order valence-corrected chi connectivity index (χ1v) is 5.41. The summed E-state index contributed by atoms with van der Waals surface area (Å²) in [5.41, 5.74) is 1.40. The van der Waals surface area contributed by atoms with E-state index in [1.807, 2.05) is 19.1 Å². The lowest BCUT2D eigenvalue weighted by Gasteiger charge is -2.07. The number of ether oxygens (including phenoxy) is 1. The second kappa shape index (κ2) is 9.47. The molecule has 1 rings (SSSR count). The summed E-state index contributed by atoms with van der Waals surface area (Å²) >= 11 is 0. The largest absolute Gasteiger partial charge is 0.385 e. The molecule has 0 amide bonds. The lowest BCUT2D eigenvalue weighted by molar-refractivity contribution is 0.215. The van der Waals surface area contributed by atoms with Gasteiger partial charge in [0.05, 0.1) is 0 Å². The molecule has 1 nitrogen and oxygen atoms in total. The van der Waals surface area contributed by atoms with E-state index in [0.717, 1.165) is 13.0 Å². The maximum absolute atomic E-state index is 4.54. The van der Waals surface area contributed by atoms with Crippen molar-refractivity contribution in [3.63, 3.8) is 0 Å². The maximum Gasteiger partial charge on any atom is 0.0433 e. The van der Waals surface area contributed by atoms with Crippen LogP contribution in [0.3, 0.4) is 0 Å². The van der Waals surface area contributed by atoms with Gasteiger partial charge in [-0.15, -0.1) is 6.58 Å². The average molecular weight is 206 g/mol. The van der Waals surface area contributed by atoms with Crippen molar-refractivity contribution in [1.82, 2.24) is 0 Å². The Morgan fingerprint density at radius 3 is 2.27 bits per heavy atom. The first-order chi connectivity index (χ1) is 7.26. The number of benzene rings is 1. The molecular formula is C14H22O. The van der Waals surface area contributed by atoms with Crippen molar-refractivity contribution in [1.29, 1.82) is 0 Å². The molecule has 0 spiro atoms. The predicted octanol–water partition coefficient (Wildman–Crippen LogP) is 4.02. The Balaban J connectivity index is 0.000000423. The van der Waals surface area contributed by atoms with Crippen LogP contribution in [0.4, 0.5) is 0 Å². The number of hydrogen-bond acceptors (Lipinski definition) is 1. The number of methoxy groups -OCH3 is 1. The van der Waals surface area contributed by atoms with Crippen molar-refractivity contribution in [3.05, 3.63) is 48.6 Å². The molecule has 0 N–H and O–H groups in total. The van der Waals surface area contributed by atoms with Crippen molar-refractivity contribution < 1.29 is 4.74 Å². The van der Waals surface area contributed by atoms with E-state index < -0.39 is 0 Å². The van der Waals surface area contributed by atoms with Gasteiger partial charge in [-0.05, 0) is 24.8 Å². The van der Waals surface area contributed by atoms with E-state index in [2.05, 4.69) is 42.5 Å². The van der Waals surface area contributed by atoms with Gasteiger partial charge in [-0.3, -0.25) is 0 Å². The summed E-state index contributed by atoms with van der Waals surface area (Å²) in [6, 6.07) is 10.5. The fourth-order valence-corrected chi connectivity index (χ4v) is 1.17. The van der Waals surface area contributed by atoms with Crippen molar-refractivity contribution in [2.75, 3.05) is 13.7 Å². The van der Waals surface area contributed by atoms with Gasteiger partial charge in [0.15, 0.2) is 0 Å². The molecule has 0 aliphatic heterocycles. The van der Waals surface area contributed by atoms with Crippen molar-refractivity contribution in [3.8, 4) is 0 Å². The normalized spacial score (nSPS) is 11.1. The molecule has 15 heavy (non-hydrogen) atoms. The van der Waals surface area contributed by atoms with Gasteiger partial charge < -0.3 is 4.74 Å². The Kier molecular flexibility index (Phi) is 8.79. The smallest absolute Gasteiger partial charge is 0.0433 e. The van der Waals surface area contributed by atoms with Crippen LogP contribution in [0.1, 0.15) is 31.7 Å². The maximum atomic E-state index is 4.54. The minimum absolute atomic E-state index is 0.605. The summed E-state index contributed by atoms with van der Waals surface area (Å²) in [7, 11) is 1.68. The van der Waals surface area contributed by atoms with Crippen LogP contribution < -0.4 is 0 Å². The fraction of sp³-hybridized carbons (Fsp3) is 0.429. The fourth-order valence-electron chi connectivity index (χ4n) is 1.17.